The number of ether oxygens (including phenoxy) is 2. The highest BCUT2D eigenvalue weighted by Gasteiger charge is 2.14. The van der Waals surface area contributed by atoms with Crippen LogP contribution >= 0.6 is 0 Å². The van der Waals surface area contributed by atoms with Gasteiger partial charge in [-0.3, -0.25) is 0 Å². The second kappa shape index (κ2) is 8.11. The van der Waals surface area contributed by atoms with Gasteiger partial charge in [-0.25, -0.2) is 0 Å². The van der Waals surface area contributed by atoms with Crippen molar-refractivity contribution in [2.45, 2.75) is 38.8 Å². The summed E-state index contributed by atoms with van der Waals surface area (Å²) in [4.78, 5) is 0. The van der Waals surface area contributed by atoms with E-state index in [0.717, 1.165) is 25.1 Å². The van der Waals surface area contributed by atoms with Crippen LogP contribution in [0.5, 0.6) is 5.75 Å². The SMILES string of the molecule is CCCNC(CC(C)OC)c1cccc(OC)c1. The van der Waals surface area contributed by atoms with Gasteiger partial charge in [0.25, 0.3) is 0 Å². The number of hydrogen-bond donors (Lipinski definition) is 1. The lowest BCUT2D eigenvalue weighted by Gasteiger charge is -2.22. The summed E-state index contributed by atoms with van der Waals surface area (Å²) >= 11 is 0. The molecule has 1 N–H and O–H groups in total. The quantitative estimate of drug-likeness (QED) is 0.770. The second-order valence-electron chi connectivity index (χ2n) is 4.57. The molecule has 0 radical (unpaired) electrons. The normalized spacial score (nSPS) is 14.2. The van der Waals surface area contributed by atoms with Crippen LogP contribution in [0.25, 0.3) is 0 Å². The molecule has 0 aromatic heterocycles. The topological polar surface area (TPSA) is 30.5 Å². The summed E-state index contributed by atoms with van der Waals surface area (Å²) in [7, 11) is 3.46. The number of hydrogen-bond acceptors (Lipinski definition) is 3. The van der Waals surface area contributed by atoms with E-state index in [-0.39, 0.29) is 6.10 Å². The highest BCUT2D eigenvalue weighted by atomic mass is 16.5. The van der Waals surface area contributed by atoms with Crippen molar-refractivity contribution in [3.05, 3.63) is 29.8 Å². The van der Waals surface area contributed by atoms with Crippen molar-refractivity contribution in [2.75, 3.05) is 20.8 Å². The lowest BCUT2D eigenvalue weighted by Crippen LogP contribution is -2.26. The smallest absolute Gasteiger partial charge is 0.119 e. The monoisotopic (exact) mass is 251 g/mol. The summed E-state index contributed by atoms with van der Waals surface area (Å²) < 4.78 is 10.6. The molecule has 0 amide bonds. The van der Waals surface area contributed by atoms with Gasteiger partial charge < -0.3 is 14.8 Å². The molecule has 0 aliphatic rings. The fourth-order valence-corrected chi connectivity index (χ4v) is 1.94. The van der Waals surface area contributed by atoms with Crippen LogP contribution in [0, 0.1) is 0 Å². The van der Waals surface area contributed by atoms with E-state index in [1.807, 2.05) is 12.1 Å². The first kappa shape index (κ1) is 15.0. The van der Waals surface area contributed by atoms with Crippen molar-refractivity contribution in [2.24, 2.45) is 0 Å². The summed E-state index contributed by atoms with van der Waals surface area (Å²) in [5.41, 5.74) is 1.26. The van der Waals surface area contributed by atoms with E-state index in [1.165, 1.54) is 5.56 Å². The molecule has 0 aliphatic carbocycles. The van der Waals surface area contributed by atoms with Crippen LogP contribution in [0.15, 0.2) is 24.3 Å². The van der Waals surface area contributed by atoms with Gasteiger partial charge in [0.2, 0.25) is 0 Å². The van der Waals surface area contributed by atoms with Crippen LogP contribution < -0.4 is 10.1 Å². The van der Waals surface area contributed by atoms with Crippen molar-refractivity contribution in [1.29, 1.82) is 0 Å². The molecule has 3 heteroatoms. The summed E-state index contributed by atoms with van der Waals surface area (Å²) in [6.07, 6.45) is 2.33. The minimum absolute atomic E-state index is 0.241. The third kappa shape index (κ3) is 4.67. The predicted molar refractivity (Wildman–Crippen MR) is 75.1 cm³/mol. The Labute approximate surface area is 110 Å². The summed E-state index contributed by atoms with van der Waals surface area (Å²) in [5.74, 6) is 0.904. The predicted octanol–water partition coefficient (Wildman–Crippen LogP) is 3.16. The van der Waals surface area contributed by atoms with E-state index >= 15 is 0 Å². The van der Waals surface area contributed by atoms with Crippen molar-refractivity contribution in [3.63, 3.8) is 0 Å². The molecule has 0 spiro atoms. The Balaban J connectivity index is 2.78. The second-order valence-corrected chi connectivity index (χ2v) is 4.57. The highest BCUT2D eigenvalue weighted by molar-refractivity contribution is 5.30. The zero-order valence-corrected chi connectivity index (χ0v) is 11.9. The lowest BCUT2D eigenvalue weighted by molar-refractivity contribution is 0.100. The van der Waals surface area contributed by atoms with Crippen LogP contribution in [0.3, 0.4) is 0 Å². The number of methoxy groups -OCH3 is 2. The van der Waals surface area contributed by atoms with Crippen LogP contribution in [-0.2, 0) is 4.74 Å². The van der Waals surface area contributed by atoms with Gasteiger partial charge in [0.15, 0.2) is 0 Å². The first-order chi connectivity index (χ1) is 8.71. The Morgan fingerprint density at radius 3 is 2.67 bits per heavy atom. The van der Waals surface area contributed by atoms with E-state index in [2.05, 4.69) is 31.3 Å². The zero-order chi connectivity index (χ0) is 13.4. The largest absolute Gasteiger partial charge is 0.497 e. The fraction of sp³-hybridized carbons (Fsp3) is 0.600. The van der Waals surface area contributed by atoms with E-state index in [9.17, 15) is 0 Å². The molecule has 0 heterocycles. The van der Waals surface area contributed by atoms with Gasteiger partial charge in [-0.05, 0) is 44.0 Å². The van der Waals surface area contributed by atoms with Gasteiger partial charge in [0.05, 0.1) is 13.2 Å². The molecular formula is C15H25NO2. The number of rotatable bonds is 8. The summed E-state index contributed by atoms with van der Waals surface area (Å²) in [6, 6.07) is 8.55. The molecule has 0 fully saturated rings. The Morgan fingerprint density at radius 1 is 1.28 bits per heavy atom. The molecule has 102 valence electrons. The van der Waals surface area contributed by atoms with Crippen LogP contribution in [0.2, 0.25) is 0 Å². The number of benzene rings is 1. The van der Waals surface area contributed by atoms with E-state index in [0.29, 0.717) is 6.04 Å². The molecule has 18 heavy (non-hydrogen) atoms. The Kier molecular flexibility index (Phi) is 6.76. The molecule has 0 saturated heterocycles. The molecule has 0 aliphatic heterocycles. The fourth-order valence-electron chi connectivity index (χ4n) is 1.94. The van der Waals surface area contributed by atoms with Crippen molar-refractivity contribution < 1.29 is 9.47 Å². The Bertz CT molecular complexity index is 341. The van der Waals surface area contributed by atoms with Crippen molar-refractivity contribution in [3.8, 4) is 5.75 Å². The van der Waals surface area contributed by atoms with E-state index in [4.69, 9.17) is 9.47 Å². The zero-order valence-electron chi connectivity index (χ0n) is 11.9. The first-order valence-corrected chi connectivity index (χ1v) is 6.61. The maximum absolute atomic E-state index is 5.37. The maximum atomic E-state index is 5.37. The van der Waals surface area contributed by atoms with Gasteiger partial charge in [0, 0.05) is 13.2 Å². The third-order valence-electron chi connectivity index (χ3n) is 3.11. The minimum Gasteiger partial charge on any atom is -0.497 e. The van der Waals surface area contributed by atoms with Crippen LogP contribution in [-0.4, -0.2) is 26.9 Å². The van der Waals surface area contributed by atoms with E-state index in [1.54, 1.807) is 14.2 Å². The standard InChI is InChI=1S/C15H25NO2/c1-5-9-16-15(10-12(2)17-3)13-7-6-8-14(11-13)18-4/h6-8,11-12,15-16H,5,9-10H2,1-4H3. The van der Waals surface area contributed by atoms with Crippen molar-refractivity contribution >= 4 is 0 Å². The molecule has 0 saturated carbocycles. The van der Waals surface area contributed by atoms with Gasteiger partial charge in [-0.1, -0.05) is 19.1 Å². The summed E-state index contributed by atoms with van der Waals surface area (Å²) in [5, 5.41) is 3.57. The molecule has 1 aromatic carbocycles. The average molecular weight is 251 g/mol. The van der Waals surface area contributed by atoms with Gasteiger partial charge in [0.1, 0.15) is 5.75 Å². The maximum Gasteiger partial charge on any atom is 0.119 e. The minimum atomic E-state index is 0.241. The molecule has 3 nitrogen and oxygen atoms in total. The Morgan fingerprint density at radius 2 is 2.06 bits per heavy atom. The highest BCUT2D eigenvalue weighted by Crippen LogP contribution is 2.23. The molecule has 2 unspecified atom stereocenters. The average Bonchev–Trinajstić information content (AvgIpc) is 2.43. The lowest BCUT2D eigenvalue weighted by atomic mass is 10.0. The molecule has 1 rings (SSSR count). The summed E-state index contributed by atoms with van der Waals surface area (Å²) in [6.45, 7) is 5.29. The molecule has 0 bridgehead atoms. The van der Waals surface area contributed by atoms with Gasteiger partial charge >= 0.3 is 0 Å². The molecule has 2 atom stereocenters. The van der Waals surface area contributed by atoms with E-state index < -0.39 is 0 Å². The number of nitrogens with one attached hydrogen (secondary N) is 1. The molecule has 1 aromatic rings. The van der Waals surface area contributed by atoms with Gasteiger partial charge in [-0.2, -0.15) is 0 Å². The van der Waals surface area contributed by atoms with Gasteiger partial charge in [-0.15, -0.1) is 0 Å². The van der Waals surface area contributed by atoms with Crippen LogP contribution in [0.4, 0.5) is 0 Å². The van der Waals surface area contributed by atoms with Crippen LogP contribution in [0.1, 0.15) is 38.3 Å². The van der Waals surface area contributed by atoms with Crippen molar-refractivity contribution in [1.82, 2.24) is 5.32 Å². The molecular weight excluding hydrogens is 226 g/mol. The Hall–Kier alpha value is -1.06. The third-order valence-corrected chi connectivity index (χ3v) is 3.11. The first-order valence-electron chi connectivity index (χ1n) is 6.61.